The highest BCUT2D eigenvalue weighted by Gasteiger charge is 2.12. The first-order valence-electron chi connectivity index (χ1n) is 4.70. The molecular formula is C9H15N7. The van der Waals surface area contributed by atoms with Crippen LogP contribution in [-0.4, -0.2) is 50.2 Å². The van der Waals surface area contributed by atoms with Gasteiger partial charge in [-0.15, -0.1) is 0 Å². The van der Waals surface area contributed by atoms with Crippen LogP contribution in [0.15, 0.2) is 0 Å². The van der Waals surface area contributed by atoms with Gasteiger partial charge in [0.25, 0.3) is 0 Å². The van der Waals surface area contributed by atoms with Gasteiger partial charge in [-0.3, -0.25) is 4.90 Å². The van der Waals surface area contributed by atoms with Gasteiger partial charge in [0.05, 0.1) is 0 Å². The third-order valence-corrected chi connectivity index (χ3v) is 1.85. The zero-order valence-corrected chi connectivity index (χ0v) is 10.1. The van der Waals surface area contributed by atoms with E-state index < -0.39 is 0 Å². The third kappa shape index (κ3) is 2.48. The molecule has 1 heterocycles. The minimum absolute atomic E-state index is 0.338. The molecule has 0 unspecified atom stereocenters. The molecule has 0 aromatic carbocycles. The van der Waals surface area contributed by atoms with Crippen molar-refractivity contribution >= 4 is 17.8 Å². The monoisotopic (exact) mass is 221 g/mol. The molecule has 0 aliphatic rings. The van der Waals surface area contributed by atoms with Crippen molar-refractivity contribution in [2.45, 2.75) is 0 Å². The van der Waals surface area contributed by atoms with Gasteiger partial charge in [0.1, 0.15) is 0 Å². The van der Waals surface area contributed by atoms with Crippen LogP contribution in [0.2, 0.25) is 0 Å². The van der Waals surface area contributed by atoms with Gasteiger partial charge < -0.3 is 9.80 Å². The Balaban J connectivity index is 3.25. The smallest absolute Gasteiger partial charge is 0.245 e. The van der Waals surface area contributed by atoms with Crippen molar-refractivity contribution in [2.24, 2.45) is 0 Å². The Hall–Kier alpha value is -2.10. The summed E-state index contributed by atoms with van der Waals surface area (Å²) >= 11 is 0. The predicted molar refractivity (Wildman–Crippen MR) is 62.5 cm³/mol. The van der Waals surface area contributed by atoms with Gasteiger partial charge in [-0.25, -0.2) is 0 Å². The zero-order chi connectivity index (χ0) is 12.3. The fourth-order valence-electron chi connectivity index (χ4n) is 0.938. The van der Waals surface area contributed by atoms with E-state index in [-0.39, 0.29) is 0 Å². The molecule has 7 heteroatoms. The minimum atomic E-state index is 0.338. The number of aromatic nitrogens is 3. The third-order valence-electron chi connectivity index (χ3n) is 1.85. The normalized spacial score (nSPS) is 9.50. The van der Waals surface area contributed by atoms with Gasteiger partial charge in [0, 0.05) is 35.2 Å². The molecule has 0 atom stereocenters. The van der Waals surface area contributed by atoms with Gasteiger partial charge >= 0.3 is 0 Å². The molecule has 1 aromatic heterocycles. The second-order valence-electron chi connectivity index (χ2n) is 3.68. The summed E-state index contributed by atoms with van der Waals surface area (Å²) in [6, 6.07) is 0. The second-order valence-corrected chi connectivity index (χ2v) is 3.68. The number of anilines is 3. The number of nitriles is 1. The summed E-state index contributed by atoms with van der Waals surface area (Å²) in [6.07, 6.45) is 1.96. The molecule has 0 radical (unpaired) electrons. The quantitative estimate of drug-likeness (QED) is 0.522. The zero-order valence-electron chi connectivity index (χ0n) is 10.1. The second kappa shape index (κ2) is 4.61. The van der Waals surface area contributed by atoms with Crippen molar-refractivity contribution < 1.29 is 0 Å². The summed E-state index contributed by atoms with van der Waals surface area (Å²) < 4.78 is 0. The lowest BCUT2D eigenvalue weighted by atomic mass is 10.7. The first-order valence-corrected chi connectivity index (χ1v) is 4.70. The average molecular weight is 221 g/mol. The molecule has 0 saturated carbocycles. The largest absolute Gasteiger partial charge is 0.347 e. The van der Waals surface area contributed by atoms with Crippen molar-refractivity contribution in [2.75, 3.05) is 49.9 Å². The molecule has 0 aliphatic heterocycles. The summed E-state index contributed by atoms with van der Waals surface area (Å²) in [5.41, 5.74) is 0. The van der Waals surface area contributed by atoms with Crippen LogP contribution in [0, 0.1) is 11.5 Å². The Bertz CT molecular complexity index is 381. The number of hydrogen-bond donors (Lipinski definition) is 0. The molecule has 0 amide bonds. The summed E-state index contributed by atoms with van der Waals surface area (Å²) in [6.45, 7) is 0. The Labute approximate surface area is 95.0 Å². The first kappa shape index (κ1) is 12.0. The topological polar surface area (TPSA) is 72.2 Å². The summed E-state index contributed by atoms with van der Waals surface area (Å²) in [5.74, 6) is 1.39. The number of rotatable bonds is 3. The van der Waals surface area contributed by atoms with E-state index in [0.717, 1.165) is 0 Å². The van der Waals surface area contributed by atoms with Crippen LogP contribution < -0.4 is 14.7 Å². The maximum absolute atomic E-state index is 8.80. The maximum atomic E-state index is 8.80. The van der Waals surface area contributed by atoms with E-state index in [1.807, 2.05) is 34.4 Å². The Morgan fingerprint density at radius 3 is 1.50 bits per heavy atom. The lowest BCUT2D eigenvalue weighted by Crippen LogP contribution is -2.22. The fourth-order valence-corrected chi connectivity index (χ4v) is 0.938. The highest BCUT2D eigenvalue weighted by molar-refractivity contribution is 5.46. The van der Waals surface area contributed by atoms with Crippen LogP contribution in [0.25, 0.3) is 0 Å². The van der Waals surface area contributed by atoms with Crippen molar-refractivity contribution in [3.05, 3.63) is 0 Å². The summed E-state index contributed by atoms with van der Waals surface area (Å²) in [7, 11) is 8.96. The van der Waals surface area contributed by atoms with E-state index in [4.69, 9.17) is 5.26 Å². The van der Waals surface area contributed by atoms with E-state index in [1.165, 1.54) is 4.90 Å². The Morgan fingerprint density at radius 2 is 1.19 bits per heavy atom. The van der Waals surface area contributed by atoms with E-state index in [1.54, 1.807) is 16.8 Å². The Kier molecular flexibility index (Phi) is 3.45. The summed E-state index contributed by atoms with van der Waals surface area (Å²) in [4.78, 5) is 17.4. The van der Waals surface area contributed by atoms with Crippen LogP contribution in [0.5, 0.6) is 0 Å². The SMILES string of the molecule is CN(C)c1nc(N(C)C)nc(N(C)C#N)n1. The average Bonchev–Trinajstić information content (AvgIpc) is 2.27. The van der Waals surface area contributed by atoms with Crippen molar-refractivity contribution in [1.29, 1.82) is 5.26 Å². The molecular weight excluding hydrogens is 206 g/mol. The predicted octanol–water partition coefficient (Wildman–Crippen LogP) is -0.0791. The Morgan fingerprint density at radius 1 is 0.812 bits per heavy atom. The summed E-state index contributed by atoms with van der Waals surface area (Å²) in [5, 5.41) is 8.80. The maximum Gasteiger partial charge on any atom is 0.245 e. The van der Waals surface area contributed by atoms with Crippen LogP contribution in [0.3, 0.4) is 0 Å². The molecule has 16 heavy (non-hydrogen) atoms. The van der Waals surface area contributed by atoms with Crippen molar-refractivity contribution in [3.8, 4) is 6.19 Å². The van der Waals surface area contributed by atoms with Crippen molar-refractivity contribution in [1.82, 2.24) is 15.0 Å². The van der Waals surface area contributed by atoms with Crippen LogP contribution in [0.1, 0.15) is 0 Å². The van der Waals surface area contributed by atoms with E-state index in [2.05, 4.69) is 15.0 Å². The molecule has 0 aliphatic carbocycles. The van der Waals surface area contributed by atoms with E-state index >= 15 is 0 Å². The highest BCUT2D eigenvalue weighted by Crippen LogP contribution is 2.14. The van der Waals surface area contributed by atoms with Crippen LogP contribution in [-0.2, 0) is 0 Å². The lowest BCUT2D eigenvalue weighted by molar-refractivity contribution is 0.898. The molecule has 0 saturated heterocycles. The lowest BCUT2D eigenvalue weighted by Gasteiger charge is -2.17. The molecule has 86 valence electrons. The van der Waals surface area contributed by atoms with Crippen LogP contribution in [0.4, 0.5) is 17.8 Å². The number of nitrogens with zero attached hydrogens (tertiary/aromatic N) is 7. The molecule has 0 fully saturated rings. The fraction of sp³-hybridized carbons (Fsp3) is 0.556. The molecule has 1 aromatic rings. The number of hydrogen-bond acceptors (Lipinski definition) is 7. The molecule has 0 spiro atoms. The molecule has 1 rings (SSSR count). The van der Waals surface area contributed by atoms with Gasteiger partial charge in [-0.1, -0.05) is 0 Å². The minimum Gasteiger partial charge on any atom is -0.347 e. The van der Waals surface area contributed by atoms with Gasteiger partial charge in [-0.05, 0) is 0 Å². The van der Waals surface area contributed by atoms with Crippen LogP contribution >= 0.6 is 0 Å². The van der Waals surface area contributed by atoms with E-state index in [0.29, 0.717) is 17.8 Å². The molecule has 0 bridgehead atoms. The van der Waals surface area contributed by atoms with E-state index in [9.17, 15) is 0 Å². The molecule has 7 nitrogen and oxygen atoms in total. The molecule has 0 N–H and O–H groups in total. The van der Waals surface area contributed by atoms with Crippen molar-refractivity contribution in [3.63, 3.8) is 0 Å². The van der Waals surface area contributed by atoms with Gasteiger partial charge in [-0.2, -0.15) is 20.2 Å². The van der Waals surface area contributed by atoms with Gasteiger partial charge in [0.15, 0.2) is 6.19 Å². The van der Waals surface area contributed by atoms with Gasteiger partial charge in [0.2, 0.25) is 17.8 Å². The highest BCUT2D eigenvalue weighted by atomic mass is 15.4. The first-order chi connectivity index (χ1) is 7.45. The standard InChI is InChI=1S/C9H15N7/c1-14(2)7-11-8(15(3)4)13-9(12-7)16(5)6-10/h1-5H3.